The number of benzene rings is 2. The number of halogens is 1. The van der Waals surface area contributed by atoms with E-state index < -0.39 is 0 Å². The van der Waals surface area contributed by atoms with Crippen LogP contribution in [0.1, 0.15) is 48.3 Å². The van der Waals surface area contributed by atoms with E-state index in [4.69, 9.17) is 21.1 Å². The lowest BCUT2D eigenvalue weighted by Gasteiger charge is -2.43. The van der Waals surface area contributed by atoms with Crippen LogP contribution in [0.5, 0.6) is 11.5 Å². The molecule has 1 aliphatic heterocycles. The Balaban J connectivity index is 2.02. The molecule has 2 aromatic rings. The van der Waals surface area contributed by atoms with Crippen LogP contribution in [0.2, 0.25) is 5.02 Å². The highest BCUT2D eigenvalue weighted by Gasteiger charge is 2.36. The molecule has 5 nitrogen and oxygen atoms in total. The molecule has 1 aliphatic rings. The second kappa shape index (κ2) is 9.71. The largest absolute Gasteiger partial charge is 0.493 e. The summed E-state index contributed by atoms with van der Waals surface area (Å²) in [5.41, 5.74) is 2.91. The predicted molar refractivity (Wildman–Crippen MR) is 121 cm³/mol. The van der Waals surface area contributed by atoms with E-state index in [9.17, 15) is 4.79 Å². The van der Waals surface area contributed by atoms with Gasteiger partial charge in [-0.3, -0.25) is 9.69 Å². The lowest BCUT2D eigenvalue weighted by atomic mass is 9.83. The van der Waals surface area contributed by atoms with E-state index in [-0.39, 0.29) is 23.9 Å². The Kier molecular flexibility index (Phi) is 7.27. The molecule has 0 fully saturated rings. The lowest BCUT2D eigenvalue weighted by molar-refractivity contribution is 0.0834. The van der Waals surface area contributed by atoms with Crippen LogP contribution in [0.15, 0.2) is 36.4 Å². The normalized spacial score (nSPS) is 17.4. The number of hydrogen-bond donors (Lipinski definition) is 1. The Labute approximate surface area is 184 Å². The third kappa shape index (κ3) is 4.42. The van der Waals surface area contributed by atoms with Crippen LogP contribution in [0, 0.1) is 5.92 Å². The van der Waals surface area contributed by atoms with Crippen LogP contribution < -0.4 is 14.8 Å². The minimum Gasteiger partial charge on any atom is -0.493 e. The van der Waals surface area contributed by atoms with Crippen LogP contribution in [0.4, 0.5) is 0 Å². The number of nitrogens with zero attached hydrogens (tertiary/aromatic N) is 1. The van der Waals surface area contributed by atoms with E-state index in [1.807, 2.05) is 12.1 Å². The SMILES string of the molecule is CCN1CCc2cc(OC)c(OC)cc2[C@@H]1[C@@H](NC(=O)c1ccccc1Cl)C(C)C. The Morgan fingerprint density at radius 1 is 1.20 bits per heavy atom. The van der Waals surface area contributed by atoms with Crippen molar-refractivity contribution in [3.05, 3.63) is 58.1 Å². The standard InChI is InChI=1S/C24H31ClN2O3/c1-6-27-12-11-16-13-20(29-4)21(30-5)14-18(16)23(27)22(15(2)3)26-24(28)17-9-7-8-10-19(17)25/h7-10,13-15,22-23H,6,11-12H2,1-5H3,(H,26,28)/t22-,23+/m0/s1. The van der Waals surface area contributed by atoms with Crippen molar-refractivity contribution in [2.75, 3.05) is 27.3 Å². The predicted octanol–water partition coefficient (Wildman–Crippen LogP) is 4.73. The molecule has 0 spiro atoms. The number of nitrogens with one attached hydrogen (secondary N) is 1. The van der Waals surface area contributed by atoms with Crippen molar-refractivity contribution in [2.24, 2.45) is 5.92 Å². The summed E-state index contributed by atoms with van der Waals surface area (Å²) in [7, 11) is 3.31. The van der Waals surface area contributed by atoms with Crippen LogP contribution in [0.25, 0.3) is 0 Å². The summed E-state index contributed by atoms with van der Waals surface area (Å²) >= 11 is 6.28. The maximum atomic E-state index is 13.1. The van der Waals surface area contributed by atoms with Gasteiger partial charge in [0.05, 0.1) is 36.9 Å². The summed E-state index contributed by atoms with van der Waals surface area (Å²) in [5.74, 6) is 1.51. The van der Waals surface area contributed by atoms with Gasteiger partial charge < -0.3 is 14.8 Å². The van der Waals surface area contributed by atoms with E-state index in [1.54, 1.807) is 26.4 Å². The zero-order chi connectivity index (χ0) is 21.8. The van der Waals surface area contributed by atoms with Gasteiger partial charge in [0.2, 0.25) is 0 Å². The van der Waals surface area contributed by atoms with Gasteiger partial charge in [-0.25, -0.2) is 0 Å². The molecule has 0 aliphatic carbocycles. The number of carbonyl (C=O) groups excluding carboxylic acids is 1. The molecule has 0 saturated carbocycles. The zero-order valence-electron chi connectivity index (χ0n) is 18.4. The molecule has 0 unspecified atom stereocenters. The van der Waals surface area contributed by atoms with Gasteiger partial charge in [-0.2, -0.15) is 0 Å². The molecule has 1 heterocycles. The number of rotatable bonds is 7. The van der Waals surface area contributed by atoms with E-state index >= 15 is 0 Å². The maximum Gasteiger partial charge on any atom is 0.253 e. The van der Waals surface area contributed by atoms with Crippen molar-refractivity contribution >= 4 is 17.5 Å². The molecule has 0 bridgehead atoms. The van der Waals surface area contributed by atoms with Gasteiger partial charge in [-0.15, -0.1) is 0 Å². The van der Waals surface area contributed by atoms with E-state index in [1.165, 1.54) is 11.1 Å². The maximum absolute atomic E-state index is 13.1. The molecule has 6 heteroatoms. The number of methoxy groups -OCH3 is 2. The van der Waals surface area contributed by atoms with Crippen LogP contribution in [0.3, 0.4) is 0 Å². The molecule has 0 radical (unpaired) electrons. The number of hydrogen-bond acceptors (Lipinski definition) is 4. The van der Waals surface area contributed by atoms with Crippen molar-refractivity contribution in [2.45, 2.75) is 39.3 Å². The molecule has 2 atom stereocenters. The van der Waals surface area contributed by atoms with Crippen LogP contribution in [-0.4, -0.2) is 44.2 Å². The van der Waals surface area contributed by atoms with Crippen molar-refractivity contribution in [1.82, 2.24) is 10.2 Å². The first-order valence-corrected chi connectivity index (χ1v) is 10.8. The van der Waals surface area contributed by atoms with E-state index in [0.29, 0.717) is 16.3 Å². The van der Waals surface area contributed by atoms with Gasteiger partial charge in [0.15, 0.2) is 11.5 Å². The fraction of sp³-hybridized carbons (Fsp3) is 0.458. The first-order valence-electron chi connectivity index (χ1n) is 10.4. The summed E-state index contributed by atoms with van der Waals surface area (Å²) in [6, 6.07) is 11.2. The average Bonchev–Trinajstić information content (AvgIpc) is 2.75. The summed E-state index contributed by atoms with van der Waals surface area (Å²) in [5, 5.41) is 3.74. The number of fused-ring (bicyclic) bond motifs is 1. The first-order chi connectivity index (χ1) is 14.4. The molecule has 162 valence electrons. The molecular weight excluding hydrogens is 400 g/mol. The molecule has 0 saturated heterocycles. The fourth-order valence-electron chi connectivity index (χ4n) is 4.29. The lowest BCUT2D eigenvalue weighted by Crippen LogP contribution is -2.51. The molecule has 30 heavy (non-hydrogen) atoms. The third-order valence-electron chi connectivity index (χ3n) is 5.91. The second-order valence-corrected chi connectivity index (χ2v) is 8.36. The van der Waals surface area contributed by atoms with Crippen LogP contribution in [-0.2, 0) is 6.42 Å². The molecular formula is C24H31ClN2O3. The quantitative estimate of drug-likeness (QED) is 0.689. The third-order valence-corrected chi connectivity index (χ3v) is 6.24. The molecule has 1 amide bonds. The summed E-state index contributed by atoms with van der Waals surface area (Å²) < 4.78 is 11.1. The molecule has 3 rings (SSSR count). The smallest absolute Gasteiger partial charge is 0.253 e. The summed E-state index contributed by atoms with van der Waals surface area (Å²) in [4.78, 5) is 15.5. The Morgan fingerprint density at radius 3 is 2.47 bits per heavy atom. The highest BCUT2D eigenvalue weighted by atomic mass is 35.5. The first kappa shape index (κ1) is 22.4. The van der Waals surface area contributed by atoms with Crippen molar-refractivity contribution in [3.63, 3.8) is 0 Å². The van der Waals surface area contributed by atoms with E-state index in [2.05, 4.69) is 43.1 Å². The van der Waals surface area contributed by atoms with Gasteiger partial charge in [-0.1, -0.05) is 44.5 Å². The summed E-state index contributed by atoms with van der Waals surface area (Å²) in [6.07, 6.45) is 0.934. The number of carbonyl (C=O) groups is 1. The second-order valence-electron chi connectivity index (χ2n) is 7.95. The summed E-state index contributed by atoms with van der Waals surface area (Å²) in [6.45, 7) is 8.26. The average molecular weight is 431 g/mol. The van der Waals surface area contributed by atoms with E-state index in [0.717, 1.165) is 25.3 Å². The Hall–Kier alpha value is -2.24. The van der Waals surface area contributed by atoms with Crippen LogP contribution >= 0.6 is 11.6 Å². The number of amides is 1. The Bertz CT molecular complexity index is 900. The van der Waals surface area contributed by atoms with Crippen molar-refractivity contribution in [1.29, 1.82) is 0 Å². The van der Waals surface area contributed by atoms with Gasteiger partial charge in [0, 0.05) is 6.54 Å². The number of ether oxygens (including phenoxy) is 2. The van der Waals surface area contributed by atoms with Gasteiger partial charge in [0.25, 0.3) is 5.91 Å². The highest BCUT2D eigenvalue weighted by Crippen LogP contribution is 2.40. The van der Waals surface area contributed by atoms with Gasteiger partial charge in [0.1, 0.15) is 0 Å². The van der Waals surface area contributed by atoms with Crippen molar-refractivity contribution < 1.29 is 14.3 Å². The minimum absolute atomic E-state index is 0.0324. The van der Waals surface area contributed by atoms with Gasteiger partial charge >= 0.3 is 0 Å². The minimum atomic E-state index is -0.150. The monoisotopic (exact) mass is 430 g/mol. The molecule has 0 aromatic heterocycles. The fourth-order valence-corrected chi connectivity index (χ4v) is 4.51. The number of likely N-dealkylation sites (N-methyl/N-ethyl adjacent to an activating group) is 1. The zero-order valence-corrected chi connectivity index (χ0v) is 19.1. The highest BCUT2D eigenvalue weighted by molar-refractivity contribution is 6.33. The molecule has 1 N–H and O–H groups in total. The molecule has 2 aromatic carbocycles. The Morgan fingerprint density at radius 2 is 1.87 bits per heavy atom. The van der Waals surface area contributed by atoms with Gasteiger partial charge in [-0.05, 0) is 54.3 Å². The topological polar surface area (TPSA) is 50.8 Å². The van der Waals surface area contributed by atoms with Crippen molar-refractivity contribution in [3.8, 4) is 11.5 Å².